The van der Waals surface area contributed by atoms with Crippen molar-refractivity contribution in [2.24, 2.45) is 17.6 Å². The number of ketones is 3. The second-order valence-corrected chi connectivity index (χ2v) is 17.2. The third-order valence-corrected chi connectivity index (χ3v) is 10.8. The zero-order chi connectivity index (χ0) is 42.7. The molecule has 316 valence electrons. The topological polar surface area (TPSA) is 176 Å². The first-order chi connectivity index (χ1) is 26.9. The number of Topliss-reactive ketones (excluding diaryl/α,β-unsaturated/α-hetero) is 3. The van der Waals surface area contributed by atoms with Gasteiger partial charge in [0.2, 0.25) is 11.8 Å². The molecular weight excluding hydrogens is 719 g/mol. The molecule has 0 aliphatic carbocycles. The summed E-state index contributed by atoms with van der Waals surface area (Å²) in [6.45, 7) is 9.18. The molecule has 0 aliphatic heterocycles. The Morgan fingerprint density at radius 1 is 0.754 bits per heavy atom. The van der Waals surface area contributed by atoms with Gasteiger partial charge in [0.25, 0.3) is 6.92 Å². The number of nitrogens with two attached hydrogens (primary N) is 1. The predicted octanol–water partition coefficient (Wildman–Crippen LogP) is 5.80. The third-order valence-electron chi connectivity index (χ3n) is 10.8. The zero-order valence-corrected chi connectivity index (χ0v) is 36.0. The number of quaternary nitrogens is 1. The van der Waals surface area contributed by atoms with E-state index in [4.69, 9.17) is 5.73 Å². The molecule has 6 N–H and O–H groups in total. The lowest BCUT2D eigenvalue weighted by molar-refractivity contribution is -0.870. The van der Waals surface area contributed by atoms with Crippen LogP contribution in [0.3, 0.4) is 0 Å². The summed E-state index contributed by atoms with van der Waals surface area (Å²) in [5.74, 6) is -3.80. The number of hydrogen-bond donors (Lipinski definition) is 5. The number of amides is 2. The van der Waals surface area contributed by atoms with Crippen molar-refractivity contribution in [3.63, 3.8) is 0 Å². The van der Waals surface area contributed by atoms with Gasteiger partial charge >= 0.3 is 0 Å². The fourth-order valence-corrected chi connectivity index (χ4v) is 6.75. The van der Waals surface area contributed by atoms with Crippen molar-refractivity contribution in [3.05, 3.63) is 59.7 Å². The van der Waals surface area contributed by atoms with Crippen LogP contribution in [0.25, 0.3) is 11.1 Å². The van der Waals surface area contributed by atoms with Gasteiger partial charge < -0.3 is 31.0 Å². The lowest BCUT2D eigenvalue weighted by atomic mass is 9.58. The molecule has 6 atom stereocenters. The first-order valence-electron chi connectivity index (χ1n) is 21.1. The number of benzene rings is 2. The average Bonchev–Trinajstić information content (AvgIpc) is 3.16. The van der Waals surface area contributed by atoms with E-state index in [0.717, 1.165) is 47.8 Å². The van der Waals surface area contributed by atoms with Crippen molar-refractivity contribution in [1.29, 1.82) is 0 Å². The summed E-state index contributed by atoms with van der Waals surface area (Å²) in [7, 11) is 6.28. The predicted molar refractivity (Wildman–Crippen MR) is 230 cm³/mol. The van der Waals surface area contributed by atoms with Gasteiger partial charge in [-0.25, -0.2) is 0 Å². The van der Waals surface area contributed by atoms with Crippen LogP contribution in [0.4, 0.5) is 0 Å². The SMILES string of the molecule is CCCCc1ccc(-c2ccc(C(=O)C[C@@H](CCCC[N+](C)(C)C)C(=O)N[C@H](C(=O)C[C@@H](C)C(=O)N[C@@H](CCCCN)C(=O)C[C@@H](C)B(C)O)C(C)O)cc2)cc1. The molecular formula is C45H72BN4O7+. The van der Waals surface area contributed by atoms with Gasteiger partial charge in [-0.05, 0) is 87.3 Å². The van der Waals surface area contributed by atoms with Crippen molar-refractivity contribution in [2.45, 2.75) is 136 Å². The molecule has 11 nitrogen and oxygen atoms in total. The minimum atomic E-state index is -1.29. The molecule has 0 radical (unpaired) electrons. The highest BCUT2D eigenvalue weighted by Crippen LogP contribution is 2.24. The molecule has 0 saturated carbocycles. The summed E-state index contributed by atoms with van der Waals surface area (Å²) in [6, 6.07) is 13.8. The molecule has 12 heteroatoms. The summed E-state index contributed by atoms with van der Waals surface area (Å²) in [4.78, 5) is 67.5. The number of carbonyl (C=O) groups is 5. The number of nitrogens with one attached hydrogen (secondary N) is 2. The van der Waals surface area contributed by atoms with Crippen LogP contribution < -0.4 is 16.4 Å². The van der Waals surface area contributed by atoms with Crippen molar-refractivity contribution in [2.75, 3.05) is 34.2 Å². The highest BCUT2D eigenvalue weighted by atomic mass is 16.3. The largest absolute Gasteiger partial charge is 0.450 e. The highest BCUT2D eigenvalue weighted by Gasteiger charge is 2.33. The van der Waals surface area contributed by atoms with E-state index in [1.165, 1.54) is 12.5 Å². The van der Waals surface area contributed by atoms with E-state index in [9.17, 15) is 34.1 Å². The number of rotatable bonds is 28. The average molecular weight is 792 g/mol. The van der Waals surface area contributed by atoms with Crippen LogP contribution in [0.1, 0.15) is 114 Å². The Morgan fingerprint density at radius 2 is 1.35 bits per heavy atom. The molecule has 2 amide bonds. The Hall–Kier alpha value is -3.71. The van der Waals surface area contributed by atoms with Gasteiger partial charge in [-0.1, -0.05) is 82.5 Å². The Kier molecular flexibility index (Phi) is 21.6. The number of unbranched alkanes of at least 4 members (excludes halogenated alkanes) is 3. The summed E-state index contributed by atoms with van der Waals surface area (Å²) < 4.78 is 0.761. The maximum Gasteiger partial charge on any atom is 0.289 e. The molecule has 57 heavy (non-hydrogen) atoms. The fourth-order valence-electron chi connectivity index (χ4n) is 6.75. The number of aliphatic hydroxyl groups is 1. The maximum absolute atomic E-state index is 13.9. The number of aryl methyl sites for hydroxylation is 1. The highest BCUT2D eigenvalue weighted by molar-refractivity contribution is 6.50. The first kappa shape index (κ1) is 49.4. The summed E-state index contributed by atoms with van der Waals surface area (Å²) in [5.41, 5.74) is 9.48. The number of nitrogens with zero attached hydrogens (tertiary/aromatic N) is 1. The van der Waals surface area contributed by atoms with E-state index in [2.05, 4.69) is 63.0 Å². The van der Waals surface area contributed by atoms with E-state index in [1.54, 1.807) is 32.8 Å². The van der Waals surface area contributed by atoms with Crippen LogP contribution >= 0.6 is 0 Å². The monoisotopic (exact) mass is 792 g/mol. The van der Waals surface area contributed by atoms with Crippen LogP contribution in [0, 0.1) is 11.8 Å². The van der Waals surface area contributed by atoms with Crippen molar-refractivity contribution in [3.8, 4) is 11.1 Å². The van der Waals surface area contributed by atoms with Crippen LogP contribution in [0.5, 0.6) is 0 Å². The lowest BCUT2D eigenvalue weighted by Gasteiger charge is -2.26. The molecule has 2 aromatic carbocycles. The lowest BCUT2D eigenvalue weighted by Crippen LogP contribution is -2.51. The molecule has 2 aromatic rings. The van der Waals surface area contributed by atoms with E-state index in [1.807, 2.05) is 12.1 Å². The van der Waals surface area contributed by atoms with Gasteiger partial charge in [-0.2, -0.15) is 0 Å². The molecule has 0 spiro atoms. The van der Waals surface area contributed by atoms with Gasteiger partial charge in [0.05, 0.1) is 39.8 Å². The normalized spacial score (nSPS) is 14.8. The van der Waals surface area contributed by atoms with Crippen LogP contribution in [0.15, 0.2) is 48.5 Å². The van der Waals surface area contributed by atoms with Crippen molar-refractivity contribution >= 4 is 36.1 Å². The minimum absolute atomic E-state index is 0.0611. The molecule has 0 saturated heterocycles. The fraction of sp³-hybridized carbons (Fsp3) is 0.622. The Labute approximate surface area is 342 Å². The van der Waals surface area contributed by atoms with Gasteiger partial charge in [0.15, 0.2) is 17.3 Å². The minimum Gasteiger partial charge on any atom is -0.450 e. The third kappa shape index (κ3) is 18.2. The smallest absolute Gasteiger partial charge is 0.289 e. The molecule has 0 bridgehead atoms. The number of hydrogen-bond acceptors (Lipinski definition) is 8. The van der Waals surface area contributed by atoms with Gasteiger partial charge in [0, 0.05) is 36.7 Å². The number of aliphatic hydroxyl groups excluding tert-OH is 1. The molecule has 1 unspecified atom stereocenters. The second kappa shape index (κ2) is 24.9. The van der Waals surface area contributed by atoms with Crippen LogP contribution in [0.2, 0.25) is 12.6 Å². The maximum atomic E-state index is 13.9. The summed E-state index contributed by atoms with van der Waals surface area (Å²) in [6.07, 6.45) is 5.46. The van der Waals surface area contributed by atoms with Gasteiger partial charge in [0.1, 0.15) is 6.04 Å². The van der Waals surface area contributed by atoms with Gasteiger partial charge in [-0.3, -0.25) is 24.0 Å². The van der Waals surface area contributed by atoms with Crippen LogP contribution in [-0.2, 0) is 25.6 Å². The zero-order valence-electron chi connectivity index (χ0n) is 36.0. The van der Waals surface area contributed by atoms with Crippen molar-refractivity contribution < 1.29 is 38.6 Å². The van der Waals surface area contributed by atoms with E-state index < -0.39 is 54.5 Å². The number of carbonyl (C=O) groups excluding carboxylic acids is 5. The van der Waals surface area contributed by atoms with E-state index in [0.29, 0.717) is 44.2 Å². The molecule has 0 aliphatic rings. The van der Waals surface area contributed by atoms with E-state index in [-0.39, 0.29) is 36.6 Å². The summed E-state index contributed by atoms with van der Waals surface area (Å²) >= 11 is 0. The Bertz CT molecular complexity index is 1560. The molecule has 0 aromatic heterocycles. The Balaban J connectivity index is 2.17. The Morgan fingerprint density at radius 3 is 1.89 bits per heavy atom. The van der Waals surface area contributed by atoms with Crippen LogP contribution in [-0.4, -0.2) is 103 Å². The van der Waals surface area contributed by atoms with E-state index >= 15 is 0 Å². The van der Waals surface area contributed by atoms with Crippen molar-refractivity contribution in [1.82, 2.24) is 10.6 Å². The van der Waals surface area contributed by atoms with Gasteiger partial charge in [-0.15, -0.1) is 0 Å². The molecule has 2 rings (SSSR count). The second-order valence-electron chi connectivity index (χ2n) is 17.2. The standard InChI is InChI=1S/C45H71BN4O7/c1-9-10-15-34-18-20-35(21-19-34)36-22-24-37(25-23-36)40(52)30-38(16-12-14-27-50(6,7)8)45(56)49-43(33(4)51)42(54)28-31(2)44(55)48-39(17-11-13-26-47)41(53)29-32(3)46(5)57/h18-25,31-33,38-39,43,51,57H,9-17,26-30,47H2,1-8H3,(H-,48,49,55,56)/p+1/t31-,32-,33?,38-,39+,43+/m1/s1. The first-order valence-corrected chi connectivity index (χ1v) is 21.1. The quantitative estimate of drug-likeness (QED) is 0.0311. The molecule has 0 fully saturated rings. The molecule has 0 heterocycles. The summed E-state index contributed by atoms with van der Waals surface area (Å²) in [5, 5.41) is 26.1.